The maximum absolute atomic E-state index is 13.4. The standard InChI is InChI=1S/C18H21FN4O2/c1-21-16(6-17(20-21)12-3-2-4-15(19)5-12)11-22-7-13-9-23(18(24)25)10-14(13)8-22/h2-6,13-14H,7-11H2,1H3,(H,24,25). The zero-order valence-electron chi connectivity index (χ0n) is 14.1. The quantitative estimate of drug-likeness (QED) is 0.928. The summed E-state index contributed by atoms with van der Waals surface area (Å²) in [5.74, 6) is 0.582. The fraction of sp³-hybridized carbons (Fsp3) is 0.444. The average Bonchev–Trinajstić information content (AvgIpc) is 3.21. The van der Waals surface area contributed by atoms with Crippen molar-refractivity contribution in [3.05, 3.63) is 41.8 Å². The highest BCUT2D eigenvalue weighted by Crippen LogP contribution is 2.32. The maximum Gasteiger partial charge on any atom is 0.407 e. The Labute approximate surface area is 145 Å². The Hall–Kier alpha value is -2.41. The first-order chi connectivity index (χ1) is 12.0. The molecule has 6 nitrogen and oxygen atoms in total. The number of fused-ring (bicyclic) bond motifs is 1. The molecule has 1 aromatic heterocycles. The highest BCUT2D eigenvalue weighted by atomic mass is 19.1. The minimum Gasteiger partial charge on any atom is -0.465 e. The van der Waals surface area contributed by atoms with E-state index in [0.717, 1.165) is 36.6 Å². The van der Waals surface area contributed by atoms with Gasteiger partial charge in [-0.15, -0.1) is 0 Å². The Bertz CT molecular complexity index is 792. The fourth-order valence-electron chi connectivity index (χ4n) is 4.05. The van der Waals surface area contributed by atoms with Crippen LogP contribution in [0.2, 0.25) is 0 Å². The lowest BCUT2D eigenvalue weighted by Gasteiger charge is -2.19. The molecule has 1 aromatic carbocycles. The molecule has 0 saturated carbocycles. The van der Waals surface area contributed by atoms with Gasteiger partial charge in [0.05, 0.1) is 11.4 Å². The minimum absolute atomic E-state index is 0.264. The SMILES string of the molecule is Cn1nc(-c2cccc(F)c2)cc1CN1CC2CN(C(=O)O)CC2C1. The van der Waals surface area contributed by atoms with Crippen LogP contribution in [0, 0.1) is 17.7 Å². The maximum atomic E-state index is 13.4. The predicted octanol–water partition coefficient (Wildman–Crippen LogP) is 2.27. The van der Waals surface area contributed by atoms with Gasteiger partial charge in [0, 0.05) is 45.3 Å². The largest absolute Gasteiger partial charge is 0.465 e. The zero-order valence-corrected chi connectivity index (χ0v) is 14.1. The number of hydrogen-bond acceptors (Lipinski definition) is 3. The molecule has 7 heteroatoms. The van der Waals surface area contributed by atoms with Crippen molar-refractivity contribution in [1.82, 2.24) is 19.6 Å². The predicted molar refractivity (Wildman–Crippen MR) is 90.5 cm³/mol. The number of hydrogen-bond donors (Lipinski definition) is 1. The molecule has 2 aliphatic heterocycles. The molecular formula is C18H21FN4O2. The molecule has 1 amide bonds. The van der Waals surface area contributed by atoms with E-state index in [1.807, 2.05) is 23.9 Å². The third kappa shape index (κ3) is 3.11. The molecule has 25 heavy (non-hydrogen) atoms. The number of nitrogens with zero attached hydrogens (tertiary/aromatic N) is 4. The summed E-state index contributed by atoms with van der Waals surface area (Å²) in [6, 6.07) is 8.47. The summed E-state index contributed by atoms with van der Waals surface area (Å²) in [4.78, 5) is 15.0. The van der Waals surface area contributed by atoms with Crippen molar-refractivity contribution < 1.29 is 14.3 Å². The minimum atomic E-state index is -0.813. The molecule has 0 bridgehead atoms. The van der Waals surface area contributed by atoms with Crippen molar-refractivity contribution >= 4 is 6.09 Å². The second-order valence-corrected chi connectivity index (χ2v) is 7.06. The van der Waals surface area contributed by atoms with Crippen LogP contribution in [0.25, 0.3) is 11.3 Å². The van der Waals surface area contributed by atoms with Gasteiger partial charge in [-0.3, -0.25) is 9.58 Å². The van der Waals surface area contributed by atoms with E-state index in [2.05, 4.69) is 10.00 Å². The van der Waals surface area contributed by atoms with Gasteiger partial charge >= 0.3 is 6.09 Å². The molecule has 3 heterocycles. The lowest BCUT2D eigenvalue weighted by atomic mass is 10.0. The van der Waals surface area contributed by atoms with E-state index in [1.165, 1.54) is 17.0 Å². The van der Waals surface area contributed by atoms with Crippen LogP contribution in [0.15, 0.2) is 30.3 Å². The molecule has 2 aromatic rings. The number of carboxylic acid groups (broad SMARTS) is 1. The summed E-state index contributed by atoms with van der Waals surface area (Å²) in [7, 11) is 1.90. The number of halogens is 1. The first-order valence-electron chi connectivity index (χ1n) is 8.48. The zero-order chi connectivity index (χ0) is 17.6. The van der Waals surface area contributed by atoms with Gasteiger partial charge in [-0.25, -0.2) is 9.18 Å². The van der Waals surface area contributed by atoms with E-state index in [-0.39, 0.29) is 5.82 Å². The van der Waals surface area contributed by atoms with Crippen molar-refractivity contribution in [1.29, 1.82) is 0 Å². The van der Waals surface area contributed by atoms with Crippen molar-refractivity contribution in [2.24, 2.45) is 18.9 Å². The van der Waals surface area contributed by atoms with Crippen LogP contribution in [0.1, 0.15) is 5.69 Å². The molecule has 2 fully saturated rings. The van der Waals surface area contributed by atoms with Gasteiger partial charge in [-0.05, 0) is 30.0 Å². The summed E-state index contributed by atoms with van der Waals surface area (Å²) in [6.45, 7) is 3.87. The van der Waals surface area contributed by atoms with Crippen LogP contribution < -0.4 is 0 Å². The summed E-state index contributed by atoms with van der Waals surface area (Å²) < 4.78 is 15.3. The van der Waals surface area contributed by atoms with Gasteiger partial charge in [0.2, 0.25) is 0 Å². The van der Waals surface area contributed by atoms with Crippen molar-refractivity contribution in [3.63, 3.8) is 0 Å². The summed E-state index contributed by atoms with van der Waals surface area (Å²) in [6.07, 6.45) is -0.813. The highest BCUT2D eigenvalue weighted by molar-refractivity contribution is 5.65. The Kier molecular flexibility index (Phi) is 3.95. The molecule has 0 spiro atoms. The fourth-order valence-corrected chi connectivity index (χ4v) is 4.05. The average molecular weight is 344 g/mol. The molecule has 2 atom stereocenters. The normalized spacial score (nSPS) is 23.2. The first-order valence-corrected chi connectivity index (χ1v) is 8.48. The van der Waals surface area contributed by atoms with E-state index >= 15 is 0 Å². The number of aromatic nitrogens is 2. The summed E-state index contributed by atoms with van der Waals surface area (Å²) >= 11 is 0. The van der Waals surface area contributed by atoms with Gasteiger partial charge in [-0.2, -0.15) is 5.10 Å². The molecule has 1 N–H and O–H groups in total. The summed E-state index contributed by atoms with van der Waals surface area (Å²) in [5.41, 5.74) is 2.63. The molecule has 0 radical (unpaired) electrons. The number of benzene rings is 1. The van der Waals surface area contributed by atoms with Crippen LogP contribution in [-0.2, 0) is 13.6 Å². The number of carbonyl (C=O) groups is 1. The number of amides is 1. The smallest absolute Gasteiger partial charge is 0.407 e. The Morgan fingerprint density at radius 1 is 1.24 bits per heavy atom. The van der Waals surface area contributed by atoms with E-state index in [1.54, 1.807) is 6.07 Å². The van der Waals surface area contributed by atoms with E-state index in [9.17, 15) is 9.18 Å². The highest BCUT2D eigenvalue weighted by Gasteiger charge is 2.41. The van der Waals surface area contributed by atoms with Crippen molar-refractivity contribution in [2.45, 2.75) is 6.54 Å². The number of rotatable bonds is 3. The Balaban J connectivity index is 1.44. The molecular weight excluding hydrogens is 323 g/mol. The molecule has 0 aliphatic carbocycles. The number of likely N-dealkylation sites (tertiary alicyclic amines) is 2. The molecule has 2 unspecified atom stereocenters. The lowest BCUT2D eigenvalue weighted by molar-refractivity contribution is 0.148. The van der Waals surface area contributed by atoms with E-state index in [0.29, 0.717) is 24.9 Å². The number of aryl methyl sites for hydroxylation is 1. The third-order valence-corrected chi connectivity index (χ3v) is 5.32. The Morgan fingerprint density at radius 2 is 1.96 bits per heavy atom. The van der Waals surface area contributed by atoms with Gasteiger partial charge in [0.15, 0.2) is 0 Å². The van der Waals surface area contributed by atoms with Crippen LogP contribution in [0.4, 0.5) is 9.18 Å². The first kappa shape index (κ1) is 16.1. The van der Waals surface area contributed by atoms with Crippen LogP contribution in [-0.4, -0.2) is 57.0 Å². The van der Waals surface area contributed by atoms with Gasteiger partial charge in [-0.1, -0.05) is 12.1 Å². The van der Waals surface area contributed by atoms with Gasteiger partial charge in [0.25, 0.3) is 0 Å². The second-order valence-electron chi connectivity index (χ2n) is 7.06. The van der Waals surface area contributed by atoms with E-state index in [4.69, 9.17) is 5.11 Å². The Morgan fingerprint density at radius 3 is 2.60 bits per heavy atom. The molecule has 2 saturated heterocycles. The summed E-state index contributed by atoms with van der Waals surface area (Å²) in [5, 5.41) is 13.6. The van der Waals surface area contributed by atoms with E-state index < -0.39 is 6.09 Å². The van der Waals surface area contributed by atoms with Gasteiger partial charge in [0.1, 0.15) is 5.82 Å². The van der Waals surface area contributed by atoms with Crippen molar-refractivity contribution in [2.75, 3.05) is 26.2 Å². The lowest BCUT2D eigenvalue weighted by Crippen LogP contribution is -2.32. The van der Waals surface area contributed by atoms with Crippen LogP contribution >= 0.6 is 0 Å². The second kappa shape index (κ2) is 6.15. The monoisotopic (exact) mass is 344 g/mol. The molecule has 4 rings (SSSR count). The van der Waals surface area contributed by atoms with Crippen LogP contribution in [0.5, 0.6) is 0 Å². The van der Waals surface area contributed by atoms with Gasteiger partial charge < -0.3 is 10.0 Å². The van der Waals surface area contributed by atoms with Crippen LogP contribution in [0.3, 0.4) is 0 Å². The topological polar surface area (TPSA) is 61.6 Å². The molecule has 2 aliphatic rings. The molecule has 132 valence electrons. The van der Waals surface area contributed by atoms with Crippen molar-refractivity contribution in [3.8, 4) is 11.3 Å². The third-order valence-electron chi connectivity index (χ3n) is 5.32.